The van der Waals surface area contributed by atoms with Crippen LogP contribution in [-0.2, 0) is 0 Å². The van der Waals surface area contributed by atoms with Crippen LogP contribution in [0.15, 0.2) is 18.2 Å². The first-order valence-electron chi connectivity index (χ1n) is 6.33. The lowest BCUT2D eigenvalue weighted by atomic mass is 9.91. The fourth-order valence-corrected chi connectivity index (χ4v) is 3.16. The number of fused-ring (bicyclic) bond motifs is 3. The van der Waals surface area contributed by atoms with E-state index in [0.29, 0.717) is 6.04 Å². The van der Waals surface area contributed by atoms with E-state index in [2.05, 4.69) is 23.5 Å². The van der Waals surface area contributed by atoms with Crippen molar-refractivity contribution < 1.29 is 4.74 Å². The highest BCUT2D eigenvalue weighted by atomic mass is 16.5. The molecule has 1 aromatic rings. The van der Waals surface area contributed by atoms with Gasteiger partial charge in [-0.3, -0.25) is 0 Å². The standard InChI is InChI=1S/C14H19NO/c1-16-10-7-8-12-11-5-3-2-4-6-13(11)15-14(12)9-10/h7-9,11,13,15H,2-6H2,1H3. The quantitative estimate of drug-likeness (QED) is 0.777. The molecule has 2 unspecified atom stereocenters. The Morgan fingerprint density at radius 2 is 2.06 bits per heavy atom. The molecule has 3 rings (SSSR count). The molecular weight excluding hydrogens is 198 g/mol. The monoisotopic (exact) mass is 217 g/mol. The largest absolute Gasteiger partial charge is 0.497 e. The van der Waals surface area contributed by atoms with Gasteiger partial charge in [-0.2, -0.15) is 0 Å². The Morgan fingerprint density at radius 1 is 1.19 bits per heavy atom. The molecule has 1 saturated carbocycles. The third-order valence-corrected chi connectivity index (χ3v) is 4.02. The predicted molar refractivity (Wildman–Crippen MR) is 66.2 cm³/mol. The molecule has 1 aromatic carbocycles. The highest BCUT2D eigenvalue weighted by Gasteiger charge is 2.32. The minimum Gasteiger partial charge on any atom is -0.497 e. The van der Waals surface area contributed by atoms with E-state index in [-0.39, 0.29) is 0 Å². The Hall–Kier alpha value is -1.18. The summed E-state index contributed by atoms with van der Waals surface area (Å²) in [5.74, 6) is 1.70. The third kappa shape index (κ3) is 1.57. The minimum absolute atomic E-state index is 0.671. The number of benzene rings is 1. The Bertz CT molecular complexity index is 388. The summed E-state index contributed by atoms with van der Waals surface area (Å²) in [5.41, 5.74) is 2.81. The number of rotatable bonds is 1. The Labute approximate surface area is 97.0 Å². The fourth-order valence-electron chi connectivity index (χ4n) is 3.16. The molecule has 0 bridgehead atoms. The van der Waals surface area contributed by atoms with Crippen molar-refractivity contribution in [3.63, 3.8) is 0 Å². The summed E-state index contributed by atoms with van der Waals surface area (Å²) < 4.78 is 5.28. The second-order valence-electron chi connectivity index (χ2n) is 4.95. The Morgan fingerprint density at radius 3 is 2.94 bits per heavy atom. The van der Waals surface area contributed by atoms with E-state index in [1.807, 2.05) is 0 Å². The fraction of sp³-hybridized carbons (Fsp3) is 0.571. The lowest BCUT2D eigenvalue weighted by Crippen LogP contribution is -2.18. The van der Waals surface area contributed by atoms with Crippen LogP contribution in [0.2, 0.25) is 0 Å². The number of ether oxygens (including phenoxy) is 1. The topological polar surface area (TPSA) is 21.3 Å². The van der Waals surface area contributed by atoms with Crippen LogP contribution in [0.3, 0.4) is 0 Å². The molecule has 2 heteroatoms. The van der Waals surface area contributed by atoms with Gasteiger partial charge in [-0.25, -0.2) is 0 Å². The molecule has 2 atom stereocenters. The van der Waals surface area contributed by atoms with Crippen molar-refractivity contribution in [2.45, 2.75) is 44.1 Å². The first-order valence-corrected chi connectivity index (χ1v) is 6.33. The molecule has 2 aliphatic rings. The van der Waals surface area contributed by atoms with Crippen LogP contribution >= 0.6 is 0 Å². The number of hydrogen-bond acceptors (Lipinski definition) is 2. The van der Waals surface area contributed by atoms with Gasteiger partial charge in [-0.15, -0.1) is 0 Å². The number of anilines is 1. The van der Waals surface area contributed by atoms with Crippen LogP contribution in [0.4, 0.5) is 5.69 Å². The normalized spacial score (nSPS) is 27.6. The van der Waals surface area contributed by atoms with Gasteiger partial charge in [-0.05, 0) is 24.5 Å². The van der Waals surface area contributed by atoms with E-state index in [0.717, 1.165) is 11.7 Å². The molecule has 0 radical (unpaired) electrons. The van der Waals surface area contributed by atoms with Crippen molar-refractivity contribution in [1.29, 1.82) is 0 Å². The molecule has 1 aliphatic heterocycles. The molecule has 86 valence electrons. The van der Waals surface area contributed by atoms with E-state index >= 15 is 0 Å². The molecule has 1 aliphatic carbocycles. The summed E-state index contributed by atoms with van der Waals surface area (Å²) in [6, 6.07) is 7.15. The zero-order valence-electron chi connectivity index (χ0n) is 9.83. The van der Waals surface area contributed by atoms with Gasteiger partial charge in [0.05, 0.1) is 7.11 Å². The summed E-state index contributed by atoms with van der Waals surface area (Å²) in [4.78, 5) is 0. The molecule has 1 heterocycles. The van der Waals surface area contributed by atoms with Gasteiger partial charge in [0.25, 0.3) is 0 Å². The maximum Gasteiger partial charge on any atom is 0.120 e. The minimum atomic E-state index is 0.671. The van der Waals surface area contributed by atoms with Gasteiger partial charge in [0.1, 0.15) is 5.75 Å². The van der Waals surface area contributed by atoms with Gasteiger partial charge in [-0.1, -0.05) is 25.3 Å². The highest BCUT2D eigenvalue weighted by molar-refractivity contribution is 5.62. The average Bonchev–Trinajstić information content (AvgIpc) is 2.50. The summed E-state index contributed by atoms with van der Waals surface area (Å²) >= 11 is 0. The molecule has 2 nitrogen and oxygen atoms in total. The number of methoxy groups -OCH3 is 1. The number of hydrogen-bond donors (Lipinski definition) is 1. The van der Waals surface area contributed by atoms with Crippen LogP contribution in [0, 0.1) is 0 Å². The first-order chi connectivity index (χ1) is 7.88. The maximum atomic E-state index is 5.28. The highest BCUT2D eigenvalue weighted by Crippen LogP contribution is 2.43. The van der Waals surface area contributed by atoms with E-state index in [4.69, 9.17) is 4.74 Å². The summed E-state index contributed by atoms with van der Waals surface area (Å²) in [7, 11) is 1.73. The van der Waals surface area contributed by atoms with Gasteiger partial charge < -0.3 is 10.1 Å². The van der Waals surface area contributed by atoms with E-state index in [9.17, 15) is 0 Å². The summed E-state index contributed by atoms with van der Waals surface area (Å²) in [6.07, 6.45) is 6.83. The van der Waals surface area contributed by atoms with E-state index < -0.39 is 0 Å². The zero-order valence-corrected chi connectivity index (χ0v) is 9.83. The molecule has 1 fully saturated rings. The molecular formula is C14H19NO. The van der Waals surface area contributed by atoms with Crippen LogP contribution in [0.1, 0.15) is 43.6 Å². The van der Waals surface area contributed by atoms with Crippen molar-refractivity contribution in [3.8, 4) is 5.75 Å². The van der Waals surface area contributed by atoms with Crippen LogP contribution in [-0.4, -0.2) is 13.2 Å². The van der Waals surface area contributed by atoms with Crippen molar-refractivity contribution in [2.24, 2.45) is 0 Å². The van der Waals surface area contributed by atoms with Crippen LogP contribution in [0.25, 0.3) is 0 Å². The molecule has 16 heavy (non-hydrogen) atoms. The van der Waals surface area contributed by atoms with E-state index in [1.165, 1.54) is 43.4 Å². The van der Waals surface area contributed by atoms with Crippen molar-refractivity contribution in [2.75, 3.05) is 12.4 Å². The van der Waals surface area contributed by atoms with Crippen LogP contribution in [0.5, 0.6) is 5.75 Å². The van der Waals surface area contributed by atoms with Gasteiger partial charge in [0.15, 0.2) is 0 Å². The molecule has 0 aromatic heterocycles. The second-order valence-corrected chi connectivity index (χ2v) is 4.95. The predicted octanol–water partition coefficient (Wildman–Crippen LogP) is 3.54. The zero-order chi connectivity index (χ0) is 11.0. The Kier molecular flexibility index (Phi) is 2.50. The SMILES string of the molecule is COc1ccc2c(c1)NC1CCCCCC21. The van der Waals surface area contributed by atoms with Crippen molar-refractivity contribution in [3.05, 3.63) is 23.8 Å². The lowest BCUT2D eigenvalue weighted by Gasteiger charge is -2.16. The van der Waals surface area contributed by atoms with Crippen LogP contribution < -0.4 is 10.1 Å². The molecule has 0 amide bonds. The summed E-state index contributed by atoms with van der Waals surface area (Å²) in [6.45, 7) is 0. The number of nitrogens with one attached hydrogen (secondary N) is 1. The van der Waals surface area contributed by atoms with Gasteiger partial charge in [0.2, 0.25) is 0 Å². The third-order valence-electron chi connectivity index (χ3n) is 4.02. The molecule has 0 spiro atoms. The van der Waals surface area contributed by atoms with Gasteiger partial charge >= 0.3 is 0 Å². The Balaban J connectivity index is 1.93. The average molecular weight is 217 g/mol. The maximum absolute atomic E-state index is 5.28. The first kappa shape index (κ1) is 10.0. The summed E-state index contributed by atoms with van der Waals surface area (Å²) in [5, 5.41) is 3.67. The molecule has 0 saturated heterocycles. The van der Waals surface area contributed by atoms with Crippen molar-refractivity contribution in [1.82, 2.24) is 0 Å². The van der Waals surface area contributed by atoms with E-state index in [1.54, 1.807) is 7.11 Å². The van der Waals surface area contributed by atoms with Gasteiger partial charge in [0, 0.05) is 23.7 Å². The van der Waals surface area contributed by atoms with Crippen molar-refractivity contribution >= 4 is 5.69 Å². The molecule has 1 N–H and O–H groups in total. The smallest absolute Gasteiger partial charge is 0.120 e. The lowest BCUT2D eigenvalue weighted by molar-refractivity contribution is 0.415. The second kappa shape index (κ2) is 4.00.